The first-order valence-electron chi connectivity index (χ1n) is 9.15. The molecule has 0 aliphatic carbocycles. The van der Waals surface area contributed by atoms with Gasteiger partial charge in [-0.15, -0.1) is 0 Å². The smallest absolute Gasteiger partial charge is 0.344 e. The average molecular weight is 362 g/mol. The maximum Gasteiger partial charge on any atom is 0.344 e. The lowest BCUT2D eigenvalue weighted by molar-refractivity contribution is 0.0629. The van der Waals surface area contributed by atoms with Gasteiger partial charge in [0, 0.05) is 37.1 Å². The van der Waals surface area contributed by atoms with Crippen LogP contribution in [0.5, 0.6) is 0 Å². The summed E-state index contributed by atoms with van der Waals surface area (Å²) in [7, 11) is 2.04. The topological polar surface area (TPSA) is 53.8 Å². The van der Waals surface area contributed by atoms with E-state index in [9.17, 15) is 9.59 Å². The minimum Gasteiger partial charge on any atom is -0.416 e. The normalized spacial score (nSPS) is 15.3. The highest BCUT2D eigenvalue weighted by atomic mass is 16.4. The molecule has 0 bridgehead atoms. The van der Waals surface area contributed by atoms with Gasteiger partial charge in [-0.2, -0.15) is 0 Å². The summed E-state index contributed by atoms with van der Waals surface area (Å²) in [5, 5.41) is 1.23. The molecule has 5 heteroatoms. The van der Waals surface area contributed by atoms with Gasteiger partial charge >= 0.3 is 5.63 Å². The molecule has 0 radical (unpaired) electrons. The Labute approximate surface area is 157 Å². The first-order chi connectivity index (χ1) is 13.0. The van der Waals surface area contributed by atoms with Crippen LogP contribution in [0.2, 0.25) is 0 Å². The van der Waals surface area contributed by atoms with Crippen molar-refractivity contribution < 1.29 is 9.21 Å². The summed E-state index contributed by atoms with van der Waals surface area (Å²) in [5.74, 6) is -0.0892. The minimum absolute atomic E-state index is 0.132. The Balaban J connectivity index is 1.91. The van der Waals surface area contributed by atoms with Crippen molar-refractivity contribution in [3.05, 3.63) is 70.3 Å². The second kappa shape index (κ2) is 7.00. The number of rotatable bonds is 2. The molecule has 1 saturated heterocycles. The summed E-state index contributed by atoms with van der Waals surface area (Å²) in [6.07, 6.45) is 0. The van der Waals surface area contributed by atoms with Crippen LogP contribution in [0.1, 0.15) is 16.1 Å². The number of carbonyl (C=O) groups excluding carboxylic acids is 1. The molecule has 138 valence electrons. The molecular formula is C22H22N2O3. The predicted octanol–water partition coefficient (Wildman–Crippen LogP) is 3.16. The highest BCUT2D eigenvalue weighted by Crippen LogP contribution is 2.31. The number of hydrogen-bond acceptors (Lipinski definition) is 4. The molecule has 2 heterocycles. The third kappa shape index (κ3) is 3.26. The van der Waals surface area contributed by atoms with Crippen molar-refractivity contribution in [2.75, 3.05) is 33.2 Å². The van der Waals surface area contributed by atoms with Crippen LogP contribution in [0.3, 0.4) is 0 Å². The summed E-state index contributed by atoms with van der Waals surface area (Å²) in [6.45, 7) is 4.88. The first-order valence-corrected chi connectivity index (χ1v) is 9.15. The van der Waals surface area contributed by atoms with E-state index < -0.39 is 5.63 Å². The average Bonchev–Trinajstić information content (AvgIpc) is 2.69. The fourth-order valence-corrected chi connectivity index (χ4v) is 3.51. The van der Waals surface area contributed by atoms with Crippen molar-refractivity contribution in [2.45, 2.75) is 6.92 Å². The van der Waals surface area contributed by atoms with Gasteiger partial charge in [-0.05, 0) is 25.6 Å². The lowest BCUT2D eigenvalue weighted by Gasteiger charge is -2.32. The van der Waals surface area contributed by atoms with E-state index in [4.69, 9.17) is 4.42 Å². The van der Waals surface area contributed by atoms with Crippen LogP contribution in [-0.4, -0.2) is 48.9 Å². The number of aryl methyl sites for hydroxylation is 1. The van der Waals surface area contributed by atoms with E-state index in [1.54, 1.807) is 17.0 Å². The highest BCUT2D eigenvalue weighted by molar-refractivity contribution is 6.07. The molecule has 27 heavy (non-hydrogen) atoms. The molecule has 0 spiro atoms. The van der Waals surface area contributed by atoms with Crippen LogP contribution in [0, 0.1) is 6.92 Å². The molecule has 1 aliphatic heterocycles. The summed E-state index contributed by atoms with van der Waals surface area (Å²) in [5.41, 5.74) is 2.22. The van der Waals surface area contributed by atoms with E-state index in [0.29, 0.717) is 24.0 Å². The van der Waals surface area contributed by atoms with E-state index in [1.807, 2.05) is 50.4 Å². The van der Waals surface area contributed by atoms with Crippen LogP contribution >= 0.6 is 0 Å². The Bertz CT molecular complexity index is 1050. The number of likely N-dealkylation sites (N-methyl/N-ethyl adjacent to an activating group) is 1. The molecule has 4 rings (SSSR count). The molecule has 1 aliphatic rings. The SMILES string of the molecule is Cc1ccc(-c2c(C(=O)N3CCN(C)CC3)oc(=O)c3ccccc23)cc1. The molecule has 0 N–H and O–H groups in total. The van der Waals surface area contributed by atoms with Crippen LogP contribution < -0.4 is 5.63 Å². The number of fused-ring (bicyclic) bond motifs is 1. The van der Waals surface area contributed by atoms with Crippen molar-refractivity contribution in [3.63, 3.8) is 0 Å². The van der Waals surface area contributed by atoms with E-state index in [-0.39, 0.29) is 11.7 Å². The summed E-state index contributed by atoms with van der Waals surface area (Å²) in [6, 6.07) is 15.2. The molecule has 0 atom stereocenters. The largest absolute Gasteiger partial charge is 0.416 e. The van der Waals surface area contributed by atoms with Crippen LogP contribution in [0.15, 0.2) is 57.7 Å². The van der Waals surface area contributed by atoms with Gasteiger partial charge in [-0.3, -0.25) is 4.79 Å². The fraction of sp³-hybridized carbons (Fsp3) is 0.273. The van der Waals surface area contributed by atoms with Gasteiger partial charge in [0.1, 0.15) is 0 Å². The zero-order chi connectivity index (χ0) is 19.0. The Morgan fingerprint density at radius 3 is 2.22 bits per heavy atom. The quantitative estimate of drug-likeness (QED) is 0.703. The monoisotopic (exact) mass is 362 g/mol. The van der Waals surface area contributed by atoms with Gasteiger partial charge in [0.25, 0.3) is 5.91 Å². The lowest BCUT2D eigenvalue weighted by Crippen LogP contribution is -2.47. The third-order valence-corrected chi connectivity index (χ3v) is 5.16. The Morgan fingerprint density at radius 1 is 0.926 bits per heavy atom. The van der Waals surface area contributed by atoms with Crippen LogP contribution in [-0.2, 0) is 0 Å². The van der Waals surface area contributed by atoms with Gasteiger partial charge < -0.3 is 14.2 Å². The lowest BCUT2D eigenvalue weighted by atomic mass is 9.97. The van der Waals surface area contributed by atoms with E-state index >= 15 is 0 Å². The van der Waals surface area contributed by atoms with Gasteiger partial charge in [0.15, 0.2) is 0 Å². The molecule has 5 nitrogen and oxygen atoms in total. The van der Waals surface area contributed by atoms with Crippen molar-refractivity contribution in [2.24, 2.45) is 0 Å². The summed E-state index contributed by atoms with van der Waals surface area (Å²) >= 11 is 0. The number of nitrogens with zero attached hydrogens (tertiary/aromatic N) is 2. The number of piperazine rings is 1. The van der Waals surface area contributed by atoms with E-state index in [1.165, 1.54) is 0 Å². The van der Waals surface area contributed by atoms with Crippen LogP contribution in [0.25, 0.3) is 21.9 Å². The Kier molecular flexibility index (Phi) is 4.54. The zero-order valence-electron chi connectivity index (χ0n) is 15.6. The van der Waals surface area contributed by atoms with Gasteiger partial charge in [0.05, 0.1) is 5.39 Å². The van der Waals surface area contributed by atoms with Crippen molar-refractivity contribution in [3.8, 4) is 11.1 Å². The van der Waals surface area contributed by atoms with Gasteiger partial charge in [-0.25, -0.2) is 4.79 Å². The van der Waals surface area contributed by atoms with Gasteiger partial charge in [0.2, 0.25) is 5.76 Å². The maximum absolute atomic E-state index is 13.2. The standard InChI is InChI=1S/C22H22N2O3/c1-15-7-9-16(10-8-15)19-17-5-3-4-6-18(17)22(26)27-20(19)21(25)24-13-11-23(2)12-14-24/h3-10H,11-14H2,1-2H3. The van der Waals surface area contributed by atoms with Crippen molar-refractivity contribution >= 4 is 16.7 Å². The van der Waals surface area contributed by atoms with Crippen molar-refractivity contribution in [1.82, 2.24) is 9.80 Å². The summed E-state index contributed by atoms with van der Waals surface area (Å²) in [4.78, 5) is 29.7. The number of amides is 1. The molecule has 1 amide bonds. The van der Waals surface area contributed by atoms with E-state index in [2.05, 4.69) is 4.90 Å². The molecule has 1 aromatic heterocycles. The Hall–Kier alpha value is -2.92. The van der Waals surface area contributed by atoms with Crippen LogP contribution in [0.4, 0.5) is 0 Å². The molecule has 2 aromatic carbocycles. The highest BCUT2D eigenvalue weighted by Gasteiger charge is 2.27. The predicted molar refractivity (Wildman–Crippen MR) is 106 cm³/mol. The fourth-order valence-electron chi connectivity index (χ4n) is 3.51. The minimum atomic E-state index is -0.473. The Morgan fingerprint density at radius 2 is 1.56 bits per heavy atom. The third-order valence-electron chi connectivity index (χ3n) is 5.16. The van der Waals surface area contributed by atoms with Crippen molar-refractivity contribution in [1.29, 1.82) is 0 Å². The number of benzene rings is 2. The van der Waals surface area contributed by atoms with E-state index in [0.717, 1.165) is 29.6 Å². The molecule has 0 unspecified atom stereocenters. The summed E-state index contributed by atoms with van der Waals surface area (Å²) < 4.78 is 5.59. The molecule has 0 saturated carbocycles. The number of hydrogen-bond donors (Lipinski definition) is 0. The molecule has 1 fully saturated rings. The number of carbonyl (C=O) groups is 1. The van der Waals surface area contributed by atoms with Gasteiger partial charge in [-0.1, -0.05) is 48.0 Å². The maximum atomic E-state index is 13.2. The second-order valence-electron chi connectivity index (χ2n) is 7.10. The molecular weight excluding hydrogens is 340 g/mol. The second-order valence-corrected chi connectivity index (χ2v) is 7.10. The first kappa shape index (κ1) is 17.5. The zero-order valence-corrected chi connectivity index (χ0v) is 15.6. The molecule has 3 aromatic rings.